The van der Waals surface area contributed by atoms with Crippen LogP contribution < -0.4 is 10.2 Å². The summed E-state index contributed by atoms with van der Waals surface area (Å²) in [5.41, 5.74) is 2.52. The van der Waals surface area contributed by atoms with Crippen LogP contribution in [-0.4, -0.2) is 65.7 Å². The highest BCUT2D eigenvalue weighted by molar-refractivity contribution is 8.01. The quantitative estimate of drug-likeness (QED) is 0.169. The maximum atomic E-state index is 13.6. The number of carbonyl (C=O) groups is 1. The van der Waals surface area contributed by atoms with Crippen molar-refractivity contribution in [3.8, 4) is 5.75 Å². The normalized spacial score (nSPS) is 18.3. The number of rotatable bonds is 9. The Bertz CT molecular complexity index is 1350. The molecule has 2 aliphatic rings. The molecule has 2 fully saturated rings. The number of halogens is 1. The fourth-order valence-corrected chi connectivity index (χ4v) is 8.77. The average Bonchev–Trinajstić information content (AvgIpc) is 3.66. The van der Waals surface area contributed by atoms with Crippen molar-refractivity contribution in [2.45, 2.75) is 45.7 Å². The number of hydrogen-bond acceptors (Lipinski definition) is 9. The molecule has 3 aromatic rings. The molecule has 1 amide bonds. The number of ether oxygens (including phenoxy) is 1. The number of aromatic nitrogens is 1. The first-order valence-corrected chi connectivity index (χ1v) is 15.3. The van der Waals surface area contributed by atoms with E-state index in [0.29, 0.717) is 42.3 Å². The zero-order valence-corrected chi connectivity index (χ0v) is 22.6. The number of likely N-dealkylation sites (tertiary alicyclic amines) is 1. The Kier molecular flexibility index (Phi) is 7.49. The second-order valence-electron chi connectivity index (χ2n) is 8.97. The van der Waals surface area contributed by atoms with E-state index in [-0.39, 0.29) is 17.7 Å². The van der Waals surface area contributed by atoms with Gasteiger partial charge in [-0.1, -0.05) is 23.4 Å². The van der Waals surface area contributed by atoms with Crippen molar-refractivity contribution in [2.24, 2.45) is 0 Å². The van der Waals surface area contributed by atoms with Crippen molar-refractivity contribution in [2.75, 3.05) is 25.4 Å². The summed E-state index contributed by atoms with van der Waals surface area (Å²) < 4.78 is 33.2. The summed E-state index contributed by atoms with van der Waals surface area (Å²) in [5.74, 6) is 0.340. The molecule has 0 atom stereocenters. The molecular weight excluding hydrogens is 542 g/mol. The molecule has 0 radical (unpaired) electrons. The second-order valence-corrected chi connectivity index (χ2v) is 14.0. The number of hydrogen-bond donors (Lipinski definition) is 2. The van der Waals surface area contributed by atoms with Gasteiger partial charge in [0, 0.05) is 29.9 Å². The van der Waals surface area contributed by atoms with Crippen molar-refractivity contribution in [3.63, 3.8) is 0 Å². The Morgan fingerprint density at radius 2 is 1.94 bits per heavy atom. The minimum atomic E-state index is -4.03. The SMILES string of the molecule is O=C(NO)C1(S(=O)(=O)c2ccc(OCCSc3nc4ccc(Cl)cc4s3)cc2)CCN(C2CC2)CC1. The van der Waals surface area contributed by atoms with E-state index < -0.39 is 20.5 Å². The zero-order chi connectivity index (χ0) is 25.3. The maximum absolute atomic E-state index is 13.6. The maximum Gasteiger partial charge on any atom is 0.265 e. The summed E-state index contributed by atoms with van der Waals surface area (Å²) in [6.07, 6.45) is 2.51. The first kappa shape index (κ1) is 25.7. The number of nitrogens with one attached hydrogen (secondary N) is 1. The van der Waals surface area contributed by atoms with Crippen LogP contribution in [0, 0.1) is 0 Å². The Morgan fingerprint density at radius 1 is 1.22 bits per heavy atom. The summed E-state index contributed by atoms with van der Waals surface area (Å²) in [7, 11) is -4.03. The molecule has 1 aromatic heterocycles. The Hall–Kier alpha value is -1.89. The van der Waals surface area contributed by atoms with E-state index in [2.05, 4.69) is 9.88 Å². The molecule has 1 saturated heterocycles. The van der Waals surface area contributed by atoms with Crippen LogP contribution >= 0.6 is 34.7 Å². The van der Waals surface area contributed by atoms with Gasteiger partial charge in [0.25, 0.3) is 5.91 Å². The molecule has 0 bridgehead atoms. The highest BCUT2D eigenvalue weighted by atomic mass is 35.5. The van der Waals surface area contributed by atoms with E-state index in [4.69, 9.17) is 16.3 Å². The number of carbonyl (C=O) groups excluding carboxylic acids is 1. The van der Waals surface area contributed by atoms with Crippen molar-refractivity contribution in [3.05, 3.63) is 47.5 Å². The van der Waals surface area contributed by atoms with E-state index in [0.717, 1.165) is 27.4 Å². The number of sulfone groups is 1. The van der Waals surface area contributed by atoms with Crippen LogP contribution in [-0.2, 0) is 14.6 Å². The molecule has 36 heavy (non-hydrogen) atoms. The number of nitrogens with zero attached hydrogens (tertiary/aromatic N) is 2. The second kappa shape index (κ2) is 10.5. The van der Waals surface area contributed by atoms with Crippen LogP contribution in [0.1, 0.15) is 25.7 Å². The lowest BCUT2D eigenvalue weighted by Gasteiger charge is -2.39. The van der Waals surface area contributed by atoms with Crippen LogP contribution in [0.2, 0.25) is 5.02 Å². The monoisotopic (exact) mass is 567 g/mol. The molecule has 0 spiro atoms. The number of fused-ring (bicyclic) bond motifs is 1. The predicted octanol–water partition coefficient (Wildman–Crippen LogP) is 4.40. The first-order chi connectivity index (χ1) is 17.3. The number of piperidine rings is 1. The molecule has 5 rings (SSSR count). The standard InChI is InChI=1S/C24H26ClN3O5S3/c25-16-1-8-20-21(15-16)35-23(26-20)34-14-13-33-18-4-6-19(7-5-18)36(31,32)24(22(29)27-30)9-11-28(12-10-24)17-2-3-17/h1,4-8,15,17,30H,2-3,9-14H2,(H,27,29). The average molecular weight is 568 g/mol. The highest BCUT2D eigenvalue weighted by Gasteiger charge is 2.53. The Labute approximate surface area is 222 Å². The van der Waals surface area contributed by atoms with E-state index in [1.807, 2.05) is 18.2 Å². The van der Waals surface area contributed by atoms with Gasteiger partial charge < -0.3 is 9.64 Å². The van der Waals surface area contributed by atoms with E-state index in [1.54, 1.807) is 40.7 Å². The first-order valence-electron chi connectivity index (χ1n) is 11.7. The van der Waals surface area contributed by atoms with Gasteiger partial charge in [-0.25, -0.2) is 18.9 Å². The third-order valence-electron chi connectivity index (χ3n) is 6.74. The van der Waals surface area contributed by atoms with Gasteiger partial charge in [0.05, 0.1) is 21.7 Å². The number of amides is 1. The number of thioether (sulfide) groups is 1. The molecule has 8 nitrogen and oxygen atoms in total. The predicted molar refractivity (Wildman–Crippen MR) is 141 cm³/mol. The third kappa shape index (κ3) is 5.09. The van der Waals surface area contributed by atoms with Crippen LogP contribution in [0.15, 0.2) is 51.7 Å². The van der Waals surface area contributed by atoms with Gasteiger partial charge in [0.15, 0.2) is 18.9 Å². The van der Waals surface area contributed by atoms with Gasteiger partial charge >= 0.3 is 0 Å². The Morgan fingerprint density at radius 3 is 2.61 bits per heavy atom. The summed E-state index contributed by atoms with van der Waals surface area (Å²) >= 11 is 9.19. The summed E-state index contributed by atoms with van der Waals surface area (Å²) in [5, 5.41) is 10.0. The molecule has 1 aliphatic heterocycles. The van der Waals surface area contributed by atoms with Gasteiger partial charge in [0.1, 0.15) is 5.75 Å². The van der Waals surface area contributed by atoms with Crippen LogP contribution in [0.4, 0.5) is 0 Å². The lowest BCUT2D eigenvalue weighted by molar-refractivity contribution is -0.133. The molecule has 1 saturated carbocycles. The van der Waals surface area contributed by atoms with Gasteiger partial charge in [0.2, 0.25) is 0 Å². The minimum absolute atomic E-state index is 0.0424. The number of hydroxylamine groups is 1. The molecule has 192 valence electrons. The molecule has 1 aliphatic carbocycles. The molecule has 0 unspecified atom stereocenters. The smallest absolute Gasteiger partial charge is 0.265 e. The summed E-state index contributed by atoms with van der Waals surface area (Å²) in [6, 6.07) is 12.2. The van der Waals surface area contributed by atoms with Gasteiger partial charge in [-0.15, -0.1) is 11.3 Å². The van der Waals surface area contributed by atoms with E-state index >= 15 is 0 Å². The fourth-order valence-electron chi connectivity index (χ4n) is 4.58. The minimum Gasteiger partial charge on any atom is -0.493 e. The zero-order valence-electron chi connectivity index (χ0n) is 19.4. The van der Waals surface area contributed by atoms with Crippen LogP contribution in [0.5, 0.6) is 5.75 Å². The molecule has 2 heterocycles. The van der Waals surface area contributed by atoms with Crippen molar-refractivity contribution >= 4 is 60.7 Å². The van der Waals surface area contributed by atoms with Crippen molar-refractivity contribution < 1.29 is 23.2 Å². The van der Waals surface area contributed by atoms with Crippen molar-refractivity contribution in [1.29, 1.82) is 0 Å². The summed E-state index contributed by atoms with van der Waals surface area (Å²) in [4.78, 5) is 19.5. The molecular formula is C24H26ClN3O5S3. The molecule has 2 N–H and O–H groups in total. The lowest BCUT2D eigenvalue weighted by Crippen LogP contribution is -2.58. The number of benzene rings is 2. The largest absolute Gasteiger partial charge is 0.493 e. The lowest BCUT2D eigenvalue weighted by atomic mass is 9.94. The third-order valence-corrected chi connectivity index (χ3v) is 11.6. The molecule has 12 heteroatoms. The summed E-state index contributed by atoms with van der Waals surface area (Å²) in [6.45, 7) is 1.44. The molecule has 2 aromatic carbocycles. The van der Waals surface area contributed by atoms with E-state index in [9.17, 15) is 18.4 Å². The van der Waals surface area contributed by atoms with Crippen LogP contribution in [0.25, 0.3) is 10.2 Å². The van der Waals surface area contributed by atoms with Gasteiger partial charge in [-0.2, -0.15) is 0 Å². The fraction of sp³-hybridized carbons (Fsp3) is 0.417. The Balaban J connectivity index is 1.20. The number of thiazole rings is 1. The highest BCUT2D eigenvalue weighted by Crippen LogP contribution is 2.39. The van der Waals surface area contributed by atoms with Crippen molar-refractivity contribution in [1.82, 2.24) is 15.4 Å². The van der Waals surface area contributed by atoms with Gasteiger partial charge in [-0.05, 0) is 68.1 Å². The van der Waals surface area contributed by atoms with E-state index in [1.165, 1.54) is 12.1 Å². The van der Waals surface area contributed by atoms with Gasteiger partial charge in [-0.3, -0.25) is 10.0 Å². The topological polar surface area (TPSA) is 109 Å². The van der Waals surface area contributed by atoms with Crippen LogP contribution in [0.3, 0.4) is 0 Å².